The summed E-state index contributed by atoms with van der Waals surface area (Å²) in [4.78, 5) is 38.0. The van der Waals surface area contributed by atoms with Crippen LogP contribution < -0.4 is 10.6 Å². The maximum Gasteiger partial charge on any atom is 0.407 e. The number of unbranched alkanes of at least 4 members (excludes halogenated alkanes) is 1. The number of nitrogens with one attached hydrogen (secondary N) is 2. The zero-order valence-electron chi connectivity index (χ0n) is 27.9. The number of quaternary nitrogens is 1. The van der Waals surface area contributed by atoms with Gasteiger partial charge in [0.05, 0.1) is 47.6 Å². The highest BCUT2D eigenvalue weighted by Gasteiger charge is 2.31. The largest absolute Gasteiger partial charge is 0.458 e. The number of hydrogen-bond donors (Lipinski definition) is 2. The van der Waals surface area contributed by atoms with Gasteiger partial charge in [0.25, 0.3) is 0 Å². The third kappa shape index (κ3) is 12.8. The summed E-state index contributed by atoms with van der Waals surface area (Å²) in [6.45, 7) is 8.85. The SMILES string of the molecule is CC(C)(C)OC(=O)[C@H](CCCCNC(=O)CCOCCOCC[N+](C)(C)C)NC(=O)OCC1c2ccccc2-c2ccccc21. The predicted octanol–water partition coefficient (Wildman–Crippen LogP) is 4.65. The highest BCUT2D eigenvalue weighted by Crippen LogP contribution is 2.44. The van der Waals surface area contributed by atoms with Gasteiger partial charge in [-0.25, -0.2) is 9.59 Å². The number of nitrogens with zero attached hydrogens (tertiary/aromatic N) is 1. The van der Waals surface area contributed by atoms with Gasteiger partial charge in [0, 0.05) is 18.9 Å². The minimum atomic E-state index is -0.867. The van der Waals surface area contributed by atoms with Gasteiger partial charge in [-0.15, -0.1) is 0 Å². The standard InChI is InChI=1S/C35H51N3O7/c1-35(2,3)45-33(40)31(17-11-12-19-36-32(39)18-21-42-23-24-43-22-20-38(4,5)6)37-34(41)44-25-30-28-15-9-7-13-26(28)27-14-8-10-16-29(27)30/h7-10,13-16,30-31H,11-12,17-25H2,1-6H3,(H-,36,37,39,41)/p+1/t31-/m0/s1. The fourth-order valence-corrected chi connectivity index (χ4v) is 5.02. The van der Waals surface area contributed by atoms with E-state index in [1.54, 1.807) is 20.8 Å². The molecular formula is C35H52N3O7+. The van der Waals surface area contributed by atoms with E-state index in [-0.39, 0.29) is 24.9 Å². The van der Waals surface area contributed by atoms with E-state index in [0.29, 0.717) is 52.2 Å². The molecule has 2 aromatic carbocycles. The maximum atomic E-state index is 12.9. The number of carbonyl (C=O) groups excluding carboxylic acids is 3. The summed E-state index contributed by atoms with van der Waals surface area (Å²) in [5, 5.41) is 5.60. The fourth-order valence-electron chi connectivity index (χ4n) is 5.02. The highest BCUT2D eigenvalue weighted by atomic mass is 16.6. The summed E-state index contributed by atoms with van der Waals surface area (Å²) in [5.74, 6) is -0.691. The van der Waals surface area contributed by atoms with Crippen molar-refractivity contribution < 1.29 is 37.8 Å². The van der Waals surface area contributed by atoms with Crippen LogP contribution in [0.1, 0.15) is 63.5 Å². The molecular weight excluding hydrogens is 574 g/mol. The van der Waals surface area contributed by atoms with Crippen molar-refractivity contribution >= 4 is 18.0 Å². The highest BCUT2D eigenvalue weighted by molar-refractivity contribution is 5.82. The number of hydrogen-bond acceptors (Lipinski definition) is 7. The average Bonchev–Trinajstić information content (AvgIpc) is 3.28. The van der Waals surface area contributed by atoms with Crippen molar-refractivity contribution in [3.63, 3.8) is 0 Å². The number of ether oxygens (including phenoxy) is 4. The van der Waals surface area contributed by atoms with Gasteiger partial charge in [-0.05, 0) is 62.3 Å². The van der Waals surface area contributed by atoms with Gasteiger partial charge in [-0.2, -0.15) is 0 Å². The summed E-state index contributed by atoms with van der Waals surface area (Å²) in [5.41, 5.74) is 3.81. The Labute approximate surface area is 268 Å². The van der Waals surface area contributed by atoms with Crippen LogP contribution in [0.4, 0.5) is 4.79 Å². The zero-order chi connectivity index (χ0) is 32.9. The first-order valence-electron chi connectivity index (χ1n) is 15.9. The number of esters is 1. The third-order valence-electron chi connectivity index (χ3n) is 7.32. The minimum absolute atomic E-state index is 0.0803. The lowest BCUT2D eigenvalue weighted by molar-refractivity contribution is -0.870. The van der Waals surface area contributed by atoms with Crippen LogP contribution in [0.15, 0.2) is 48.5 Å². The first kappa shape index (κ1) is 36.0. The second-order valence-corrected chi connectivity index (χ2v) is 13.4. The van der Waals surface area contributed by atoms with Crippen LogP contribution in [0.2, 0.25) is 0 Å². The number of likely N-dealkylation sites (N-methyl/N-ethyl adjacent to an activating group) is 1. The molecule has 0 fully saturated rings. The smallest absolute Gasteiger partial charge is 0.407 e. The normalized spacial score (nSPS) is 13.5. The van der Waals surface area contributed by atoms with Crippen molar-refractivity contribution in [3.8, 4) is 11.1 Å². The fraction of sp³-hybridized carbons (Fsp3) is 0.571. The number of carbonyl (C=O) groups is 3. The zero-order valence-corrected chi connectivity index (χ0v) is 27.9. The van der Waals surface area contributed by atoms with Crippen LogP contribution >= 0.6 is 0 Å². The van der Waals surface area contributed by atoms with Crippen molar-refractivity contribution in [1.29, 1.82) is 0 Å². The first-order valence-corrected chi connectivity index (χ1v) is 15.9. The Hall–Kier alpha value is -3.47. The van der Waals surface area contributed by atoms with Gasteiger partial charge in [-0.1, -0.05) is 48.5 Å². The van der Waals surface area contributed by atoms with Crippen molar-refractivity contribution in [3.05, 3.63) is 59.7 Å². The monoisotopic (exact) mass is 626 g/mol. The molecule has 248 valence electrons. The number of amides is 2. The van der Waals surface area contributed by atoms with E-state index in [1.807, 2.05) is 24.3 Å². The Balaban J connectivity index is 1.38. The van der Waals surface area contributed by atoms with Crippen molar-refractivity contribution in [2.75, 3.05) is 67.3 Å². The average molecular weight is 627 g/mol. The van der Waals surface area contributed by atoms with Gasteiger partial charge in [0.2, 0.25) is 5.91 Å². The second kappa shape index (κ2) is 17.3. The summed E-state index contributed by atoms with van der Waals surface area (Å²) < 4.78 is 23.1. The molecule has 1 aliphatic rings. The molecule has 0 radical (unpaired) electrons. The van der Waals surface area contributed by atoms with Crippen LogP contribution in [-0.2, 0) is 28.5 Å². The molecule has 2 amide bonds. The molecule has 0 unspecified atom stereocenters. The quantitative estimate of drug-likeness (QED) is 0.141. The van der Waals surface area contributed by atoms with E-state index in [1.165, 1.54) is 0 Å². The molecule has 2 N–H and O–H groups in total. The van der Waals surface area contributed by atoms with E-state index in [9.17, 15) is 14.4 Å². The molecule has 2 aromatic rings. The maximum absolute atomic E-state index is 12.9. The second-order valence-electron chi connectivity index (χ2n) is 13.4. The molecule has 0 bridgehead atoms. The van der Waals surface area contributed by atoms with Crippen molar-refractivity contribution in [2.45, 2.75) is 64.0 Å². The molecule has 45 heavy (non-hydrogen) atoms. The molecule has 0 spiro atoms. The molecule has 0 saturated heterocycles. The van der Waals surface area contributed by atoms with Crippen molar-refractivity contribution in [1.82, 2.24) is 10.6 Å². The van der Waals surface area contributed by atoms with Gasteiger partial charge < -0.3 is 34.1 Å². The van der Waals surface area contributed by atoms with Crippen LogP contribution in [0.25, 0.3) is 11.1 Å². The number of benzene rings is 2. The Morgan fingerprint density at radius 1 is 0.844 bits per heavy atom. The van der Waals surface area contributed by atoms with E-state index in [0.717, 1.165) is 33.3 Å². The molecule has 3 rings (SSSR count). The van der Waals surface area contributed by atoms with E-state index in [4.69, 9.17) is 18.9 Å². The van der Waals surface area contributed by atoms with Crippen LogP contribution in [0.5, 0.6) is 0 Å². The molecule has 1 aliphatic carbocycles. The molecule has 0 heterocycles. The van der Waals surface area contributed by atoms with Crippen LogP contribution in [0, 0.1) is 0 Å². The third-order valence-corrected chi connectivity index (χ3v) is 7.32. The first-order chi connectivity index (χ1) is 21.3. The predicted molar refractivity (Wildman–Crippen MR) is 174 cm³/mol. The van der Waals surface area contributed by atoms with Gasteiger partial charge >= 0.3 is 12.1 Å². The molecule has 0 aliphatic heterocycles. The summed E-state index contributed by atoms with van der Waals surface area (Å²) >= 11 is 0. The van der Waals surface area contributed by atoms with Crippen LogP contribution in [0.3, 0.4) is 0 Å². The van der Waals surface area contributed by atoms with E-state index >= 15 is 0 Å². The number of fused-ring (bicyclic) bond motifs is 3. The minimum Gasteiger partial charge on any atom is -0.458 e. The van der Waals surface area contributed by atoms with Crippen molar-refractivity contribution in [2.24, 2.45) is 0 Å². The molecule has 10 heteroatoms. The Bertz CT molecular complexity index is 1210. The molecule has 0 aromatic heterocycles. The summed E-state index contributed by atoms with van der Waals surface area (Å²) in [6.07, 6.45) is 1.18. The van der Waals surface area contributed by atoms with Crippen LogP contribution in [-0.4, -0.2) is 101 Å². The lowest BCUT2D eigenvalue weighted by atomic mass is 9.98. The number of rotatable bonds is 18. The molecule has 10 nitrogen and oxygen atoms in total. The van der Waals surface area contributed by atoms with Gasteiger partial charge in [0.1, 0.15) is 24.8 Å². The van der Waals surface area contributed by atoms with E-state index in [2.05, 4.69) is 56.0 Å². The Kier molecular flexibility index (Phi) is 13.8. The Morgan fingerprint density at radius 2 is 1.44 bits per heavy atom. The topological polar surface area (TPSA) is 112 Å². The Morgan fingerprint density at radius 3 is 2.04 bits per heavy atom. The summed E-state index contributed by atoms with van der Waals surface area (Å²) in [7, 11) is 6.34. The molecule has 0 saturated carbocycles. The van der Waals surface area contributed by atoms with Gasteiger partial charge in [-0.3, -0.25) is 4.79 Å². The van der Waals surface area contributed by atoms with E-state index < -0.39 is 23.7 Å². The lowest BCUT2D eigenvalue weighted by Gasteiger charge is -2.24. The lowest BCUT2D eigenvalue weighted by Crippen LogP contribution is -2.44. The molecule has 1 atom stereocenters. The van der Waals surface area contributed by atoms with Gasteiger partial charge in [0.15, 0.2) is 0 Å². The summed E-state index contributed by atoms with van der Waals surface area (Å²) in [6, 6.07) is 15.4. The number of alkyl carbamates (subject to hydrolysis) is 1.